The van der Waals surface area contributed by atoms with Gasteiger partial charge in [-0.25, -0.2) is 0 Å². The topological polar surface area (TPSA) is 64.4 Å². The fourth-order valence-electron chi connectivity index (χ4n) is 4.18. The lowest BCUT2D eigenvalue weighted by Crippen LogP contribution is -2.57. The Labute approximate surface area is 214 Å². The van der Waals surface area contributed by atoms with E-state index in [1.54, 1.807) is 48.5 Å². The number of anilines is 2. The van der Waals surface area contributed by atoms with Crippen LogP contribution in [0.5, 0.6) is 0 Å². The van der Waals surface area contributed by atoms with E-state index in [1.165, 1.54) is 9.80 Å². The minimum absolute atomic E-state index is 0.00721. The van der Waals surface area contributed by atoms with Gasteiger partial charge in [0.25, 0.3) is 11.8 Å². The number of thiocarbonyl (C=S) groups is 1. The van der Waals surface area contributed by atoms with Gasteiger partial charge in [0.2, 0.25) is 0 Å². The molecule has 0 N–H and O–H groups in total. The van der Waals surface area contributed by atoms with E-state index < -0.39 is 11.8 Å². The molecule has 0 unspecified atom stereocenters. The molecule has 4 aromatic rings. The number of rotatable bonds is 4. The van der Waals surface area contributed by atoms with Crippen molar-refractivity contribution in [3.8, 4) is 6.07 Å². The zero-order chi connectivity index (χ0) is 25.1. The molecule has 1 fully saturated rings. The van der Waals surface area contributed by atoms with Crippen molar-refractivity contribution in [1.82, 2.24) is 0 Å². The van der Waals surface area contributed by atoms with E-state index in [0.717, 1.165) is 0 Å². The molecule has 1 aliphatic heterocycles. The molecule has 5 nitrogen and oxygen atoms in total. The first-order valence-corrected chi connectivity index (χ1v) is 11.6. The maximum Gasteiger partial charge on any atom is 0.270 e. The summed E-state index contributed by atoms with van der Waals surface area (Å²) < 4.78 is 0. The van der Waals surface area contributed by atoms with Gasteiger partial charge in [0.15, 0.2) is 5.11 Å². The number of hydrogen-bond acceptors (Lipinski definition) is 4. The third-order valence-electron chi connectivity index (χ3n) is 5.86. The van der Waals surface area contributed by atoms with E-state index in [0.29, 0.717) is 33.6 Å². The van der Waals surface area contributed by atoms with Crippen LogP contribution in [0.3, 0.4) is 0 Å². The van der Waals surface area contributed by atoms with Gasteiger partial charge in [-0.1, -0.05) is 78.9 Å². The van der Waals surface area contributed by atoms with Gasteiger partial charge in [0.05, 0.1) is 23.0 Å². The number of carbonyl (C=O) groups is 2. The van der Waals surface area contributed by atoms with Crippen molar-refractivity contribution in [3.63, 3.8) is 0 Å². The summed E-state index contributed by atoms with van der Waals surface area (Å²) in [5, 5.41) is 9.35. The summed E-state index contributed by atoms with van der Waals surface area (Å²) in [7, 11) is 0. The Bertz CT molecular complexity index is 1460. The third-order valence-corrected chi connectivity index (χ3v) is 6.23. The van der Waals surface area contributed by atoms with Gasteiger partial charge in [-0.05, 0) is 59.7 Å². The minimum Gasteiger partial charge on any atom is -0.268 e. The monoisotopic (exact) mass is 485 g/mol. The fraction of sp³-hybridized carbons (Fsp3) is 0. The maximum absolute atomic E-state index is 14.1. The Balaban J connectivity index is 1.81. The Morgan fingerprint density at radius 1 is 0.611 bits per heavy atom. The summed E-state index contributed by atoms with van der Waals surface area (Å²) >= 11 is 5.72. The summed E-state index contributed by atoms with van der Waals surface area (Å²) in [5.74, 6) is -1.02. The molecular formula is C30H19N3O2S. The smallest absolute Gasteiger partial charge is 0.268 e. The quantitative estimate of drug-likeness (QED) is 0.211. The summed E-state index contributed by atoms with van der Waals surface area (Å²) in [4.78, 5) is 31.0. The van der Waals surface area contributed by atoms with Gasteiger partial charge in [-0.3, -0.25) is 19.4 Å². The molecule has 0 atom stereocenters. The standard InChI is InChI=1S/C30H19N3O2S/c31-20-21-16-18-23(19-17-21)26(22-10-4-1-5-11-22)27-28(34)32(24-12-6-2-7-13-24)30(36)33(29(27)35)25-14-8-3-9-15-25/h1-19H. The number of benzene rings is 4. The highest BCUT2D eigenvalue weighted by molar-refractivity contribution is 7.81. The lowest BCUT2D eigenvalue weighted by atomic mass is 9.90. The van der Waals surface area contributed by atoms with Crippen LogP contribution in [-0.4, -0.2) is 16.9 Å². The highest BCUT2D eigenvalue weighted by atomic mass is 32.1. The lowest BCUT2D eigenvalue weighted by Gasteiger charge is -2.37. The molecule has 0 aliphatic carbocycles. The van der Waals surface area contributed by atoms with E-state index in [4.69, 9.17) is 12.2 Å². The van der Waals surface area contributed by atoms with Crippen LogP contribution in [0.15, 0.2) is 121 Å². The van der Waals surface area contributed by atoms with E-state index in [-0.39, 0.29) is 10.7 Å². The van der Waals surface area contributed by atoms with Crippen LogP contribution in [0.2, 0.25) is 0 Å². The average Bonchev–Trinajstić information content (AvgIpc) is 2.93. The predicted molar refractivity (Wildman–Crippen MR) is 144 cm³/mol. The number of hydrogen-bond donors (Lipinski definition) is 0. The first kappa shape index (κ1) is 22.9. The normalized spacial score (nSPS) is 13.5. The first-order valence-electron chi connectivity index (χ1n) is 11.2. The van der Waals surface area contributed by atoms with Crippen molar-refractivity contribution in [1.29, 1.82) is 5.26 Å². The highest BCUT2D eigenvalue weighted by Gasteiger charge is 2.43. The van der Waals surface area contributed by atoms with Crippen LogP contribution < -0.4 is 9.80 Å². The van der Waals surface area contributed by atoms with Gasteiger partial charge < -0.3 is 0 Å². The van der Waals surface area contributed by atoms with Crippen molar-refractivity contribution in [2.45, 2.75) is 0 Å². The minimum atomic E-state index is -0.508. The number of amides is 2. The lowest BCUT2D eigenvalue weighted by molar-refractivity contribution is -0.120. The summed E-state index contributed by atoms with van der Waals surface area (Å²) in [6.45, 7) is 0. The molecule has 4 aromatic carbocycles. The molecule has 5 rings (SSSR count). The maximum atomic E-state index is 14.1. The van der Waals surface area contributed by atoms with Crippen LogP contribution in [0.25, 0.3) is 5.57 Å². The number of para-hydroxylation sites is 2. The van der Waals surface area contributed by atoms with Crippen LogP contribution in [0.4, 0.5) is 11.4 Å². The molecule has 1 aliphatic rings. The molecule has 2 amide bonds. The van der Waals surface area contributed by atoms with Crippen molar-refractivity contribution in [3.05, 3.63) is 138 Å². The van der Waals surface area contributed by atoms with Gasteiger partial charge in [-0.15, -0.1) is 0 Å². The average molecular weight is 486 g/mol. The zero-order valence-corrected chi connectivity index (χ0v) is 19.9. The Morgan fingerprint density at radius 2 is 1.03 bits per heavy atom. The van der Waals surface area contributed by atoms with Gasteiger partial charge >= 0.3 is 0 Å². The molecule has 1 saturated heterocycles. The SMILES string of the molecule is N#Cc1ccc(C(=C2C(=O)N(c3ccccc3)C(=S)N(c3ccccc3)C2=O)c2ccccc2)cc1. The predicted octanol–water partition coefficient (Wildman–Crippen LogP) is 5.73. The second-order valence-corrected chi connectivity index (χ2v) is 8.41. The van der Waals surface area contributed by atoms with Crippen molar-refractivity contribution in [2.24, 2.45) is 0 Å². The molecule has 6 heteroatoms. The number of carbonyl (C=O) groups excluding carboxylic acids is 2. The van der Waals surface area contributed by atoms with Crippen molar-refractivity contribution in [2.75, 3.05) is 9.80 Å². The van der Waals surface area contributed by atoms with E-state index in [2.05, 4.69) is 6.07 Å². The van der Waals surface area contributed by atoms with Crippen LogP contribution >= 0.6 is 12.2 Å². The molecule has 36 heavy (non-hydrogen) atoms. The van der Waals surface area contributed by atoms with Crippen LogP contribution in [0.1, 0.15) is 16.7 Å². The highest BCUT2D eigenvalue weighted by Crippen LogP contribution is 2.35. The summed E-state index contributed by atoms with van der Waals surface area (Å²) in [6.07, 6.45) is 0. The molecule has 1 heterocycles. The van der Waals surface area contributed by atoms with Gasteiger partial charge in [-0.2, -0.15) is 5.26 Å². The summed E-state index contributed by atoms with van der Waals surface area (Å²) in [6, 6.07) is 36.3. The molecule has 0 radical (unpaired) electrons. The zero-order valence-electron chi connectivity index (χ0n) is 19.0. The van der Waals surface area contributed by atoms with Gasteiger partial charge in [0, 0.05) is 5.57 Å². The Hall–Kier alpha value is -4.86. The first-order chi connectivity index (χ1) is 17.6. The number of nitrogens with zero attached hydrogens (tertiary/aromatic N) is 3. The third kappa shape index (κ3) is 4.09. The van der Waals surface area contributed by atoms with Crippen molar-refractivity contribution >= 4 is 46.1 Å². The molecule has 0 saturated carbocycles. The van der Waals surface area contributed by atoms with E-state index in [1.807, 2.05) is 66.7 Å². The fourth-order valence-corrected chi connectivity index (χ4v) is 4.56. The second kappa shape index (κ2) is 9.79. The van der Waals surface area contributed by atoms with E-state index >= 15 is 0 Å². The van der Waals surface area contributed by atoms with E-state index in [9.17, 15) is 14.9 Å². The largest absolute Gasteiger partial charge is 0.270 e. The number of nitriles is 1. The molecular weight excluding hydrogens is 466 g/mol. The van der Waals surface area contributed by atoms with Gasteiger partial charge in [0.1, 0.15) is 5.57 Å². The second-order valence-electron chi connectivity index (χ2n) is 8.04. The van der Waals surface area contributed by atoms with Crippen LogP contribution in [0, 0.1) is 11.3 Å². The summed E-state index contributed by atoms with van der Waals surface area (Å²) in [5.41, 5.74) is 3.41. The molecule has 0 aromatic heterocycles. The van der Waals surface area contributed by atoms with Crippen molar-refractivity contribution < 1.29 is 9.59 Å². The Kier molecular flexibility index (Phi) is 6.23. The molecule has 0 spiro atoms. The molecule has 0 bridgehead atoms. The Morgan fingerprint density at radius 3 is 1.47 bits per heavy atom. The van der Waals surface area contributed by atoms with Crippen LogP contribution in [-0.2, 0) is 9.59 Å². The molecule has 172 valence electrons.